The smallest absolute Gasteiger partial charge is 0.236 e. The molecular weight excluding hydrogens is 362 g/mol. The molecule has 3 unspecified atom stereocenters. The van der Waals surface area contributed by atoms with Crippen molar-refractivity contribution in [1.82, 2.24) is 4.90 Å². The fourth-order valence-electron chi connectivity index (χ4n) is 3.97. The quantitative estimate of drug-likeness (QED) is 0.588. The molecule has 0 aliphatic carbocycles. The van der Waals surface area contributed by atoms with E-state index in [1.165, 1.54) is 6.08 Å². The van der Waals surface area contributed by atoms with Crippen LogP contribution < -0.4 is 4.74 Å². The number of allylic oxidation sites excluding steroid dienone is 1. The summed E-state index contributed by atoms with van der Waals surface area (Å²) in [6, 6.07) is 14.9. The first-order valence-electron chi connectivity index (χ1n) is 8.92. The van der Waals surface area contributed by atoms with Crippen LogP contribution in [0.1, 0.15) is 30.4 Å². The number of likely N-dealkylation sites (tertiary alicyclic amines) is 1. The van der Waals surface area contributed by atoms with Crippen molar-refractivity contribution >= 4 is 29.4 Å². The van der Waals surface area contributed by atoms with Gasteiger partial charge in [0.25, 0.3) is 0 Å². The number of hydrogen-bond donors (Lipinski definition) is 0. The van der Waals surface area contributed by atoms with E-state index in [1.807, 2.05) is 43.3 Å². The molecule has 2 aliphatic heterocycles. The number of nitrogens with zero attached hydrogens (tertiary/aromatic N) is 1. The highest BCUT2D eigenvalue weighted by Crippen LogP contribution is 2.49. The van der Waals surface area contributed by atoms with E-state index >= 15 is 0 Å². The number of fused-ring (bicyclic) bond motifs is 4. The van der Waals surface area contributed by atoms with Crippen molar-refractivity contribution in [3.8, 4) is 5.75 Å². The van der Waals surface area contributed by atoms with E-state index in [-0.39, 0.29) is 17.6 Å². The summed E-state index contributed by atoms with van der Waals surface area (Å²) < 4.78 is 6.10. The molecule has 1 fully saturated rings. The third-order valence-corrected chi connectivity index (χ3v) is 5.82. The maximum Gasteiger partial charge on any atom is 0.236 e. The van der Waals surface area contributed by atoms with E-state index in [9.17, 15) is 9.59 Å². The molecule has 0 N–H and O–H groups in total. The lowest BCUT2D eigenvalue weighted by molar-refractivity contribution is -0.170. The van der Waals surface area contributed by atoms with Gasteiger partial charge in [-0.2, -0.15) is 0 Å². The average Bonchev–Trinajstić information content (AvgIpc) is 2.66. The minimum Gasteiger partial charge on any atom is -0.468 e. The van der Waals surface area contributed by atoms with E-state index in [4.69, 9.17) is 16.3 Å². The first-order valence-corrected chi connectivity index (χ1v) is 9.30. The summed E-state index contributed by atoms with van der Waals surface area (Å²) >= 11 is 5.90. The number of hydrogen-bond acceptors (Lipinski definition) is 3. The van der Waals surface area contributed by atoms with Crippen molar-refractivity contribution in [2.24, 2.45) is 5.92 Å². The highest BCUT2D eigenvalue weighted by Gasteiger charge is 2.54. The lowest BCUT2D eigenvalue weighted by Gasteiger charge is -2.51. The van der Waals surface area contributed by atoms with Crippen LogP contribution in [0.25, 0.3) is 6.08 Å². The van der Waals surface area contributed by atoms with Gasteiger partial charge in [-0.15, -0.1) is 0 Å². The lowest BCUT2D eigenvalue weighted by Crippen LogP contribution is -2.62. The standard InChI is InChI=1S/C22H20ClNO3/c1-22-13-17(16-5-3-4-6-19(16)27-22)20(21(26)24(22)2)18(25)12-9-14-7-10-15(23)11-8-14/h3-12,17,20H,13H2,1-2H3. The lowest BCUT2D eigenvalue weighted by atomic mass is 9.72. The van der Waals surface area contributed by atoms with Gasteiger partial charge in [-0.3, -0.25) is 9.59 Å². The average molecular weight is 382 g/mol. The van der Waals surface area contributed by atoms with Gasteiger partial charge in [-0.05, 0) is 42.3 Å². The van der Waals surface area contributed by atoms with E-state index < -0.39 is 11.6 Å². The molecule has 0 saturated carbocycles. The Hall–Kier alpha value is -2.59. The van der Waals surface area contributed by atoms with Crippen LogP contribution in [0.3, 0.4) is 0 Å². The fraction of sp³-hybridized carbons (Fsp3) is 0.273. The van der Waals surface area contributed by atoms with Crippen molar-refractivity contribution in [1.29, 1.82) is 0 Å². The number of amides is 1. The van der Waals surface area contributed by atoms with Gasteiger partial charge in [0, 0.05) is 24.4 Å². The van der Waals surface area contributed by atoms with Crippen molar-refractivity contribution in [2.75, 3.05) is 7.05 Å². The van der Waals surface area contributed by atoms with Crippen molar-refractivity contribution in [3.63, 3.8) is 0 Å². The Bertz CT molecular complexity index is 937. The van der Waals surface area contributed by atoms with Crippen LogP contribution in [0.15, 0.2) is 54.6 Å². The summed E-state index contributed by atoms with van der Waals surface area (Å²) in [5.74, 6) is -0.572. The van der Waals surface area contributed by atoms with Crippen LogP contribution >= 0.6 is 11.6 Å². The molecule has 2 heterocycles. The molecule has 5 heteroatoms. The Morgan fingerprint density at radius 2 is 1.93 bits per heavy atom. The highest BCUT2D eigenvalue weighted by molar-refractivity contribution is 6.30. The van der Waals surface area contributed by atoms with E-state index in [0.717, 1.165) is 16.9 Å². The molecule has 4 rings (SSSR count). The minimum absolute atomic E-state index is 0.189. The van der Waals surface area contributed by atoms with Gasteiger partial charge >= 0.3 is 0 Å². The number of halogens is 1. The second-order valence-electron chi connectivity index (χ2n) is 7.29. The van der Waals surface area contributed by atoms with Gasteiger partial charge < -0.3 is 9.64 Å². The number of rotatable bonds is 3. The Balaban J connectivity index is 1.68. The number of carbonyl (C=O) groups excluding carboxylic acids is 2. The summed E-state index contributed by atoms with van der Waals surface area (Å²) in [6.45, 7) is 1.90. The van der Waals surface area contributed by atoms with Crippen molar-refractivity contribution in [3.05, 3.63) is 70.8 Å². The van der Waals surface area contributed by atoms with Gasteiger partial charge in [-0.1, -0.05) is 48.0 Å². The van der Waals surface area contributed by atoms with Gasteiger partial charge in [0.05, 0.1) is 0 Å². The zero-order valence-electron chi connectivity index (χ0n) is 15.2. The summed E-state index contributed by atoms with van der Waals surface area (Å²) in [5.41, 5.74) is 1.06. The Labute approximate surface area is 163 Å². The molecular formula is C22H20ClNO3. The van der Waals surface area contributed by atoms with E-state index in [0.29, 0.717) is 11.4 Å². The van der Waals surface area contributed by atoms with Gasteiger partial charge in [0.1, 0.15) is 11.7 Å². The zero-order chi connectivity index (χ0) is 19.2. The van der Waals surface area contributed by atoms with Crippen LogP contribution in [0.4, 0.5) is 0 Å². The number of carbonyl (C=O) groups is 2. The fourth-order valence-corrected chi connectivity index (χ4v) is 4.09. The molecule has 0 spiro atoms. The van der Waals surface area contributed by atoms with E-state index in [1.54, 1.807) is 30.2 Å². The maximum atomic E-state index is 13.0. The summed E-state index contributed by atoms with van der Waals surface area (Å²) in [5, 5.41) is 0.639. The topological polar surface area (TPSA) is 46.6 Å². The molecule has 0 aromatic heterocycles. The normalized spacial score (nSPS) is 26.6. The predicted molar refractivity (Wildman–Crippen MR) is 105 cm³/mol. The molecule has 2 aliphatic rings. The molecule has 138 valence electrons. The summed E-state index contributed by atoms with van der Waals surface area (Å²) in [7, 11) is 1.70. The number of para-hydroxylation sites is 1. The summed E-state index contributed by atoms with van der Waals surface area (Å²) in [4.78, 5) is 27.6. The van der Waals surface area contributed by atoms with Crippen LogP contribution in [0.5, 0.6) is 5.75 Å². The third kappa shape index (κ3) is 3.04. The minimum atomic E-state index is -0.739. The molecule has 4 nitrogen and oxygen atoms in total. The molecule has 1 saturated heterocycles. The Morgan fingerprint density at radius 1 is 1.22 bits per heavy atom. The van der Waals surface area contributed by atoms with Gasteiger partial charge in [0.15, 0.2) is 11.5 Å². The van der Waals surface area contributed by atoms with Gasteiger partial charge in [-0.25, -0.2) is 0 Å². The summed E-state index contributed by atoms with van der Waals surface area (Å²) in [6.07, 6.45) is 3.82. The molecule has 3 atom stereocenters. The molecule has 0 radical (unpaired) electrons. The van der Waals surface area contributed by atoms with Gasteiger partial charge in [0.2, 0.25) is 5.91 Å². The number of piperidine rings is 1. The SMILES string of the molecule is CN1C(=O)C(C(=O)C=Cc2ccc(Cl)cc2)C2CC1(C)Oc1ccccc12. The monoisotopic (exact) mass is 381 g/mol. The molecule has 2 aromatic carbocycles. The molecule has 1 amide bonds. The number of ketones is 1. The van der Waals surface area contributed by atoms with Crippen LogP contribution in [0.2, 0.25) is 5.02 Å². The van der Waals surface area contributed by atoms with Crippen molar-refractivity contribution in [2.45, 2.75) is 25.0 Å². The highest BCUT2D eigenvalue weighted by atomic mass is 35.5. The first-order chi connectivity index (χ1) is 12.9. The second kappa shape index (κ2) is 6.54. The number of benzene rings is 2. The zero-order valence-corrected chi connectivity index (χ0v) is 15.9. The predicted octanol–water partition coefficient (Wildman–Crippen LogP) is 4.29. The molecule has 2 bridgehead atoms. The molecule has 2 aromatic rings. The van der Waals surface area contributed by atoms with Crippen LogP contribution in [0, 0.1) is 5.92 Å². The maximum absolute atomic E-state index is 13.0. The third-order valence-electron chi connectivity index (χ3n) is 5.57. The Morgan fingerprint density at radius 3 is 2.67 bits per heavy atom. The number of ether oxygens (including phenoxy) is 1. The van der Waals surface area contributed by atoms with Crippen LogP contribution in [-0.4, -0.2) is 29.4 Å². The molecule has 27 heavy (non-hydrogen) atoms. The largest absolute Gasteiger partial charge is 0.468 e. The second-order valence-corrected chi connectivity index (χ2v) is 7.72. The Kier molecular flexibility index (Phi) is 4.31. The van der Waals surface area contributed by atoms with Crippen LogP contribution in [-0.2, 0) is 9.59 Å². The van der Waals surface area contributed by atoms with E-state index in [2.05, 4.69) is 0 Å². The van der Waals surface area contributed by atoms with Crippen molar-refractivity contribution < 1.29 is 14.3 Å². The first kappa shape index (κ1) is 17.8.